The van der Waals surface area contributed by atoms with Crippen LogP contribution in [0.1, 0.15) is 36.2 Å². The van der Waals surface area contributed by atoms with Crippen LogP contribution in [-0.2, 0) is 4.79 Å². The molecule has 18 heavy (non-hydrogen) atoms. The molecule has 0 saturated heterocycles. The van der Waals surface area contributed by atoms with E-state index in [1.54, 1.807) is 18.3 Å². The van der Waals surface area contributed by atoms with Gasteiger partial charge in [-0.25, -0.2) is 5.53 Å². The summed E-state index contributed by atoms with van der Waals surface area (Å²) in [4.78, 5) is 25.0. The summed E-state index contributed by atoms with van der Waals surface area (Å²) in [6.07, 6.45) is 4.38. The van der Waals surface area contributed by atoms with E-state index in [4.69, 9.17) is 5.53 Å². The van der Waals surface area contributed by atoms with E-state index in [0.29, 0.717) is 25.1 Å². The molecule has 0 aliphatic heterocycles. The average Bonchev–Trinajstić information content (AvgIpc) is 2.86. The molecule has 1 heterocycles. The largest absolute Gasteiger partial charge is 0.357 e. The molecular weight excluding hydrogens is 256 g/mol. The Kier molecular flexibility index (Phi) is 8.47. The highest BCUT2D eigenvalue weighted by Gasteiger charge is 2.04. The van der Waals surface area contributed by atoms with Crippen molar-refractivity contribution in [3.8, 4) is 0 Å². The van der Waals surface area contributed by atoms with E-state index in [0.717, 1.165) is 12.8 Å². The van der Waals surface area contributed by atoms with E-state index in [-0.39, 0.29) is 24.2 Å². The van der Waals surface area contributed by atoms with Gasteiger partial charge in [0, 0.05) is 19.2 Å². The number of nitrogens with zero attached hydrogens (tertiary/aromatic N) is 1. The van der Waals surface area contributed by atoms with Gasteiger partial charge in [-0.15, -0.1) is 17.5 Å². The average molecular weight is 273 g/mol. The standard InChI is InChI=1S/C11H16N4O2.ClH/c12-15-10(16)6-2-1-3-7-14-11(17)9-5-4-8-13-9;/h4-5,8,12-13H,1-3,6-7H2,(H,14,17);1H. The predicted octanol–water partition coefficient (Wildman–Crippen LogP) is 2.28. The van der Waals surface area contributed by atoms with Crippen molar-refractivity contribution in [3.05, 3.63) is 24.0 Å². The SMILES string of the molecule is Cl.N=NC(=O)CCCCCNC(=O)c1ccc[nH]1. The first-order valence-electron chi connectivity index (χ1n) is 5.56. The van der Waals surface area contributed by atoms with Crippen molar-refractivity contribution in [2.75, 3.05) is 6.54 Å². The molecule has 1 rings (SSSR count). The molecule has 1 aromatic rings. The molecule has 0 aliphatic carbocycles. The lowest BCUT2D eigenvalue weighted by atomic mass is 10.2. The van der Waals surface area contributed by atoms with Gasteiger partial charge in [0.2, 0.25) is 0 Å². The fourth-order valence-corrected chi connectivity index (χ4v) is 1.40. The van der Waals surface area contributed by atoms with Gasteiger partial charge in [0.05, 0.1) is 0 Å². The fraction of sp³-hybridized carbons (Fsp3) is 0.455. The number of nitrogens with one attached hydrogen (secondary N) is 3. The summed E-state index contributed by atoms with van der Waals surface area (Å²) in [6.45, 7) is 0.587. The molecule has 0 fully saturated rings. The third-order valence-corrected chi connectivity index (χ3v) is 2.32. The van der Waals surface area contributed by atoms with Crippen molar-refractivity contribution in [1.29, 1.82) is 5.53 Å². The number of rotatable bonds is 7. The Morgan fingerprint density at radius 1 is 1.33 bits per heavy atom. The number of amides is 2. The molecule has 3 N–H and O–H groups in total. The zero-order chi connectivity index (χ0) is 12.5. The van der Waals surface area contributed by atoms with Crippen molar-refractivity contribution in [1.82, 2.24) is 10.3 Å². The van der Waals surface area contributed by atoms with Crippen molar-refractivity contribution < 1.29 is 9.59 Å². The molecule has 0 bridgehead atoms. The summed E-state index contributed by atoms with van der Waals surface area (Å²) in [5, 5.41) is 5.58. The van der Waals surface area contributed by atoms with Crippen LogP contribution in [0.2, 0.25) is 0 Å². The molecule has 6 nitrogen and oxygen atoms in total. The maximum atomic E-state index is 11.5. The second-order valence-electron chi connectivity index (χ2n) is 3.66. The van der Waals surface area contributed by atoms with E-state index in [1.165, 1.54) is 0 Å². The molecule has 0 aromatic carbocycles. The molecular formula is C11H17ClN4O2. The molecule has 0 saturated carbocycles. The number of unbranched alkanes of at least 4 members (excludes halogenated alkanes) is 2. The summed E-state index contributed by atoms with van der Waals surface area (Å²) in [6, 6.07) is 3.48. The lowest BCUT2D eigenvalue weighted by molar-refractivity contribution is -0.118. The number of hydrogen-bond acceptors (Lipinski definition) is 3. The van der Waals surface area contributed by atoms with Crippen LogP contribution >= 0.6 is 12.4 Å². The summed E-state index contributed by atoms with van der Waals surface area (Å²) in [5.41, 5.74) is 7.03. The van der Waals surface area contributed by atoms with Crippen LogP contribution in [0.5, 0.6) is 0 Å². The van der Waals surface area contributed by atoms with Gasteiger partial charge in [0.1, 0.15) is 5.69 Å². The van der Waals surface area contributed by atoms with Crippen LogP contribution in [0.25, 0.3) is 0 Å². The number of aromatic amines is 1. The summed E-state index contributed by atoms with van der Waals surface area (Å²) in [5.74, 6) is -0.507. The number of halogens is 1. The quantitative estimate of drug-likeness (QED) is 0.524. The Labute approximate surface area is 111 Å². The van der Waals surface area contributed by atoms with Crippen molar-refractivity contribution in [2.45, 2.75) is 25.7 Å². The van der Waals surface area contributed by atoms with Gasteiger partial charge < -0.3 is 10.3 Å². The molecule has 7 heteroatoms. The Bertz CT molecular complexity index is 378. The summed E-state index contributed by atoms with van der Waals surface area (Å²) >= 11 is 0. The molecule has 1 aromatic heterocycles. The van der Waals surface area contributed by atoms with Crippen molar-refractivity contribution in [2.24, 2.45) is 5.11 Å². The lowest BCUT2D eigenvalue weighted by Crippen LogP contribution is -2.24. The first-order valence-corrected chi connectivity index (χ1v) is 5.56. The predicted molar refractivity (Wildman–Crippen MR) is 69.0 cm³/mol. The smallest absolute Gasteiger partial charge is 0.267 e. The minimum absolute atomic E-state index is 0. The van der Waals surface area contributed by atoms with E-state index in [1.807, 2.05) is 0 Å². The van der Waals surface area contributed by atoms with Crippen LogP contribution in [0.4, 0.5) is 0 Å². The number of H-pyrrole nitrogens is 1. The molecule has 2 amide bonds. The highest BCUT2D eigenvalue weighted by molar-refractivity contribution is 5.92. The van der Waals surface area contributed by atoms with Gasteiger partial charge in [-0.2, -0.15) is 0 Å². The maximum Gasteiger partial charge on any atom is 0.267 e. The third-order valence-electron chi connectivity index (χ3n) is 2.32. The summed E-state index contributed by atoms with van der Waals surface area (Å²) < 4.78 is 0. The Morgan fingerprint density at radius 3 is 2.72 bits per heavy atom. The van der Waals surface area contributed by atoms with Crippen molar-refractivity contribution >= 4 is 24.2 Å². The first-order chi connectivity index (χ1) is 8.24. The molecule has 0 atom stereocenters. The maximum absolute atomic E-state index is 11.5. The zero-order valence-corrected chi connectivity index (χ0v) is 10.8. The molecule has 0 aliphatic rings. The van der Waals surface area contributed by atoms with Crippen LogP contribution in [-0.4, -0.2) is 23.3 Å². The fourth-order valence-electron chi connectivity index (χ4n) is 1.40. The highest BCUT2D eigenvalue weighted by atomic mass is 35.5. The lowest BCUT2D eigenvalue weighted by Gasteiger charge is -2.02. The van der Waals surface area contributed by atoms with Gasteiger partial charge in [-0.05, 0) is 25.0 Å². The minimum atomic E-state index is -0.388. The third kappa shape index (κ3) is 6.15. The number of carbonyl (C=O) groups excluding carboxylic acids is 2. The highest BCUT2D eigenvalue weighted by Crippen LogP contribution is 2.01. The van der Waals surface area contributed by atoms with E-state index >= 15 is 0 Å². The number of carbonyl (C=O) groups is 2. The van der Waals surface area contributed by atoms with E-state index < -0.39 is 0 Å². The van der Waals surface area contributed by atoms with Crippen LogP contribution in [0.3, 0.4) is 0 Å². The normalized spacial score (nSPS) is 9.33. The number of aromatic nitrogens is 1. The van der Waals surface area contributed by atoms with Gasteiger partial charge in [0.25, 0.3) is 11.8 Å². The zero-order valence-electron chi connectivity index (χ0n) is 9.94. The topological polar surface area (TPSA) is 98.2 Å². The second kappa shape index (κ2) is 9.35. The molecule has 0 spiro atoms. The minimum Gasteiger partial charge on any atom is -0.357 e. The Morgan fingerprint density at radius 2 is 2.11 bits per heavy atom. The molecule has 0 unspecified atom stereocenters. The van der Waals surface area contributed by atoms with Gasteiger partial charge in [-0.1, -0.05) is 6.42 Å². The van der Waals surface area contributed by atoms with E-state index in [2.05, 4.69) is 15.4 Å². The Balaban J connectivity index is 0.00000289. The van der Waals surface area contributed by atoms with Crippen LogP contribution in [0.15, 0.2) is 23.4 Å². The van der Waals surface area contributed by atoms with Crippen LogP contribution in [0, 0.1) is 5.53 Å². The monoisotopic (exact) mass is 272 g/mol. The van der Waals surface area contributed by atoms with Gasteiger partial charge >= 0.3 is 0 Å². The molecule has 100 valence electrons. The van der Waals surface area contributed by atoms with E-state index in [9.17, 15) is 9.59 Å². The molecule has 0 radical (unpaired) electrons. The first kappa shape index (κ1) is 16.3. The summed E-state index contributed by atoms with van der Waals surface area (Å²) in [7, 11) is 0. The second-order valence-corrected chi connectivity index (χ2v) is 3.66. The van der Waals surface area contributed by atoms with Gasteiger partial charge in [0.15, 0.2) is 0 Å². The van der Waals surface area contributed by atoms with Crippen molar-refractivity contribution in [3.63, 3.8) is 0 Å². The van der Waals surface area contributed by atoms with Crippen LogP contribution < -0.4 is 5.32 Å². The Hall–Kier alpha value is -1.69. The number of hydrogen-bond donors (Lipinski definition) is 3. The van der Waals surface area contributed by atoms with Gasteiger partial charge in [-0.3, -0.25) is 9.59 Å².